The van der Waals surface area contributed by atoms with E-state index in [4.69, 9.17) is 22.7 Å². The molecule has 0 amide bonds. The van der Waals surface area contributed by atoms with Gasteiger partial charge in [0.25, 0.3) is 0 Å². The highest BCUT2D eigenvalue weighted by Gasteiger charge is 2.02. The molecule has 3 nitrogen and oxygen atoms in total. The van der Waals surface area contributed by atoms with Crippen LogP contribution < -0.4 is 10.5 Å². The Labute approximate surface area is 105 Å². The average molecular weight is 244 g/mol. The highest BCUT2D eigenvalue weighted by molar-refractivity contribution is 7.80. The van der Waals surface area contributed by atoms with Crippen molar-refractivity contribution in [1.82, 2.24) is 4.98 Å². The monoisotopic (exact) mass is 244 g/mol. The first-order valence-electron chi connectivity index (χ1n) is 5.16. The maximum absolute atomic E-state index is 5.62. The number of benzene rings is 1. The van der Waals surface area contributed by atoms with Crippen molar-refractivity contribution in [3.05, 3.63) is 53.7 Å². The fourth-order valence-corrected chi connectivity index (χ4v) is 1.52. The number of hydrogen-bond acceptors (Lipinski definition) is 3. The molecule has 17 heavy (non-hydrogen) atoms. The van der Waals surface area contributed by atoms with E-state index < -0.39 is 0 Å². The average Bonchev–Trinajstić information content (AvgIpc) is 2.29. The number of nitrogens with zero attached hydrogens (tertiary/aromatic N) is 1. The Balaban J connectivity index is 2.24. The van der Waals surface area contributed by atoms with Crippen molar-refractivity contribution >= 4 is 17.2 Å². The van der Waals surface area contributed by atoms with E-state index in [0.717, 1.165) is 11.3 Å². The molecule has 0 saturated carbocycles. The van der Waals surface area contributed by atoms with Crippen LogP contribution in [0.5, 0.6) is 11.6 Å². The smallest absolute Gasteiger partial charge is 0.219 e. The second kappa shape index (κ2) is 4.93. The molecular weight excluding hydrogens is 232 g/mol. The summed E-state index contributed by atoms with van der Waals surface area (Å²) in [4.78, 5) is 4.47. The first kappa shape index (κ1) is 11.5. The Morgan fingerprint density at radius 3 is 2.71 bits per heavy atom. The Bertz CT molecular complexity index is 555. The Hall–Kier alpha value is -1.94. The lowest BCUT2D eigenvalue weighted by atomic mass is 10.2. The molecular formula is C13H12N2OS. The highest BCUT2D eigenvalue weighted by atomic mass is 32.1. The molecule has 0 aliphatic heterocycles. The molecule has 86 valence electrons. The summed E-state index contributed by atoms with van der Waals surface area (Å²) in [5, 5.41) is 0. The molecule has 4 heteroatoms. The molecule has 0 radical (unpaired) electrons. The van der Waals surface area contributed by atoms with E-state index in [2.05, 4.69) is 4.98 Å². The number of aromatic nitrogens is 1. The molecule has 0 saturated heterocycles. The Morgan fingerprint density at radius 1 is 1.24 bits per heavy atom. The number of rotatable bonds is 3. The maximum atomic E-state index is 5.62. The number of pyridine rings is 1. The van der Waals surface area contributed by atoms with Crippen molar-refractivity contribution < 1.29 is 4.74 Å². The molecule has 0 bridgehead atoms. The van der Waals surface area contributed by atoms with E-state index >= 15 is 0 Å². The van der Waals surface area contributed by atoms with Gasteiger partial charge in [0.1, 0.15) is 16.4 Å². The highest BCUT2D eigenvalue weighted by Crippen LogP contribution is 2.20. The van der Waals surface area contributed by atoms with Crippen LogP contribution in [0.2, 0.25) is 0 Å². The molecule has 1 heterocycles. The van der Waals surface area contributed by atoms with E-state index in [1.165, 1.54) is 0 Å². The number of thiocarbonyl (C=S) groups is 1. The van der Waals surface area contributed by atoms with E-state index in [1.807, 2.05) is 37.3 Å². The Morgan fingerprint density at radius 2 is 2.00 bits per heavy atom. The van der Waals surface area contributed by atoms with Crippen LogP contribution in [0.1, 0.15) is 11.3 Å². The van der Waals surface area contributed by atoms with Crippen molar-refractivity contribution in [2.75, 3.05) is 0 Å². The predicted molar refractivity (Wildman–Crippen MR) is 71.4 cm³/mol. The molecule has 0 fully saturated rings. The molecule has 0 atom stereocenters. The lowest BCUT2D eigenvalue weighted by Crippen LogP contribution is -2.11. The third-order valence-corrected chi connectivity index (χ3v) is 2.40. The largest absolute Gasteiger partial charge is 0.439 e. The molecule has 0 spiro atoms. The lowest BCUT2D eigenvalue weighted by Gasteiger charge is -2.06. The summed E-state index contributed by atoms with van der Waals surface area (Å²) in [5.74, 6) is 1.23. The van der Waals surface area contributed by atoms with Crippen molar-refractivity contribution in [3.63, 3.8) is 0 Å². The van der Waals surface area contributed by atoms with E-state index in [0.29, 0.717) is 11.6 Å². The zero-order chi connectivity index (χ0) is 12.3. The summed E-state index contributed by atoms with van der Waals surface area (Å²) in [5.41, 5.74) is 7.21. The van der Waals surface area contributed by atoms with E-state index in [-0.39, 0.29) is 4.99 Å². The molecule has 1 aromatic carbocycles. The van der Waals surface area contributed by atoms with Crippen molar-refractivity contribution in [1.29, 1.82) is 0 Å². The molecule has 0 aliphatic carbocycles. The van der Waals surface area contributed by atoms with Gasteiger partial charge >= 0.3 is 0 Å². The molecule has 2 N–H and O–H groups in total. The Kier molecular flexibility index (Phi) is 3.35. The lowest BCUT2D eigenvalue weighted by molar-refractivity contribution is 0.462. The van der Waals surface area contributed by atoms with Gasteiger partial charge in [0.2, 0.25) is 5.88 Å². The minimum absolute atomic E-state index is 0.264. The summed E-state index contributed by atoms with van der Waals surface area (Å²) in [6, 6.07) is 13.1. The molecule has 1 aromatic heterocycles. The maximum Gasteiger partial charge on any atom is 0.219 e. The molecule has 0 unspecified atom stereocenters. The zero-order valence-corrected chi connectivity index (χ0v) is 10.2. The van der Waals surface area contributed by atoms with Crippen molar-refractivity contribution in [2.45, 2.75) is 6.92 Å². The topological polar surface area (TPSA) is 48.1 Å². The SMILES string of the molecule is Cc1cccc(Oc2cccc(C(N)=S)n2)c1. The first-order chi connectivity index (χ1) is 8.15. The predicted octanol–water partition coefficient (Wildman–Crippen LogP) is 2.82. The second-order valence-electron chi connectivity index (χ2n) is 3.64. The van der Waals surface area contributed by atoms with Gasteiger partial charge in [-0.25, -0.2) is 4.98 Å². The number of ether oxygens (including phenoxy) is 1. The van der Waals surface area contributed by atoms with E-state index in [9.17, 15) is 0 Å². The van der Waals surface area contributed by atoms with Gasteiger partial charge in [-0.15, -0.1) is 0 Å². The summed E-state index contributed by atoms with van der Waals surface area (Å²) in [6.07, 6.45) is 0. The second-order valence-corrected chi connectivity index (χ2v) is 4.08. The van der Waals surface area contributed by atoms with Crippen LogP contribution in [0, 0.1) is 6.92 Å². The van der Waals surface area contributed by atoms with Crippen LogP contribution in [-0.2, 0) is 0 Å². The first-order valence-corrected chi connectivity index (χ1v) is 5.57. The fraction of sp³-hybridized carbons (Fsp3) is 0.0769. The summed E-state index contributed by atoms with van der Waals surface area (Å²) < 4.78 is 5.62. The van der Waals surface area contributed by atoms with Crippen LogP contribution in [0.15, 0.2) is 42.5 Å². The van der Waals surface area contributed by atoms with Gasteiger partial charge in [-0.3, -0.25) is 0 Å². The molecule has 0 aliphatic rings. The number of nitrogens with two attached hydrogens (primary N) is 1. The quantitative estimate of drug-likeness (QED) is 0.843. The summed E-state index contributed by atoms with van der Waals surface area (Å²) in [6.45, 7) is 2.01. The van der Waals surface area contributed by atoms with Crippen LogP contribution >= 0.6 is 12.2 Å². The van der Waals surface area contributed by atoms with Gasteiger partial charge in [-0.05, 0) is 30.7 Å². The number of hydrogen-bond donors (Lipinski definition) is 1. The zero-order valence-electron chi connectivity index (χ0n) is 9.38. The van der Waals surface area contributed by atoms with Gasteiger partial charge in [0, 0.05) is 6.07 Å². The standard InChI is InChI=1S/C13H12N2OS/c1-9-4-2-5-10(8-9)16-12-7-3-6-11(15-12)13(14)17/h2-8H,1H3,(H2,14,17). The molecule has 2 rings (SSSR count). The molecule has 2 aromatic rings. The van der Waals surface area contributed by atoms with Gasteiger partial charge in [0.15, 0.2) is 0 Å². The fourth-order valence-electron chi connectivity index (χ4n) is 1.41. The third-order valence-electron chi connectivity index (χ3n) is 2.19. The minimum Gasteiger partial charge on any atom is -0.439 e. The summed E-state index contributed by atoms with van der Waals surface area (Å²) >= 11 is 4.87. The van der Waals surface area contributed by atoms with Crippen molar-refractivity contribution in [3.8, 4) is 11.6 Å². The summed E-state index contributed by atoms with van der Waals surface area (Å²) in [7, 11) is 0. The van der Waals surface area contributed by atoms with Gasteiger partial charge in [0.05, 0.1) is 0 Å². The minimum atomic E-state index is 0.264. The van der Waals surface area contributed by atoms with Crippen LogP contribution in [0.3, 0.4) is 0 Å². The van der Waals surface area contributed by atoms with Gasteiger partial charge < -0.3 is 10.5 Å². The van der Waals surface area contributed by atoms with Crippen LogP contribution in [-0.4, -0.2) is 9.97 Å². The van der Waals surface area contributed by atoms with Gasteiger partial charge in [-0.1, -0.05) is 30.4 Å². The number of aryl methyl sites for hydroxylation is 1. The van der Waals surface area contributed by atoms with E-state index in [1.54, 1.807) is 12.1 Å². The van der Waals surface area contributed by atoms with Crippen molar-refractivity contribution in [2.24, 2.45) is 5.73 Å². The normalized spacial score (nSPS) is 9.94. The van der Waals surface area contributed by atoms with Gasteiger partial charge in [-0.2, -0.15) is 0 Å². The van der Waals surface area contributed by atoms with Crippen LogP contribution in [0.25, 0.3) is 0 Å². The van der Waals surface area contributed by atoms with Crippen LogP contribution in [0.4, 0.5) is 0 Å². The third kappa shape index (κ3) is 3.01.